The number of hydrogen-bond donors (Lipinski definition) is 0. The first-order valence-electron chi connectivity index (χ1n) is 13.6. The van der Waals surface area contributed by atoms with Crippen LogP contribution in [0.5, 0.6) is 0 Å². The number of aryl methyl sites for hydroxylation is 2. The van der Waals surface area contributed by atoms with Crippen molar-refractivity contribution in [3.8, 4) is 11.8 Å². The molecule has 0 nitrogen and oxygen atoms in total. The van der Waals surface area contributed by atoms with Crippen LogP contribution in [0.15, 0.2) is 67.3 Å². The third-order valence-corrected chi connectivity index (χ3v) is 7.70. The van der Waals surface area contributed by atoms with Crippen LogP contribution in [0.25, 0.3) is 10.8 Å². The molecule has 1 aliphatic carbocycles. The Morgan fingerprint density at radius 2 is 1.63 bits per heavy atom. The Balaban J connectivity index is 1.35. The van der Waals surface area contributed by atoms with Crippen molar-refractivity contribution in [1.29, 1.82) is 0 Å². The van der Waals surface area contributed by atoms with E-state index in [1.807, 2.05) is 18.2 Å². The zero-order valence-electron chi connectivity index (χ0n) is 21.3. The van der Waals surface area contributed by atoms with Crippen molar-refractivity contribution in [2.24, 2.45) is 11.8 Å². The molecule has 4 rings (SSSR count). The number of halogens is 1. The van der Waals surface area contributed by atoms with Gasteiger partial charge in [-0.3, -0.25) is 0 Å². The van der Waals surface area contributed by atoms with E-state index in [2.05, 4.69) is 67.8 Å². The number of allylic oxidation sites excluding steroid dienone is 1. The molecule has 0 aliphatic heterocycles. The van der Waals surface area contributed by atoms with Gasteiger partial charge in [-0.15, -0.1) is 6.58 Å². The fraction of sp³-hybridized carbons (Fsp3) is 0.412. The average Bonchev–Trinajstić information content (AvgIpc) is 2.90. The fourth-order valence-electron chi connectivity index (χ4n) is 5.33. The molecule has 0 spiro atoms. The lowest BCUT2D eigenvalue weighted by Crippen LogP contribution is -2.13. The minimum Gasteiger partial charge on any atom is -0.205 e. The summed E-state index contributed by atoms with van der Waals surface area (Å²) >= 11 is 0. The van der Waals surface area contributed by atoms with Gasteiger partial charge in [0.05, 0.1) is 5.56 Å². The number of fused-ring (bicyclic) bond motifs is 1. The second-order valence-electron chi connectivity index (χ2n) is 10.3. The lowest BCUT2D eigenvalue weighted by molar-refractivity contribution is 0.296. The maximum absolute atomic E-state index is 15.1. The Morgan fingerprint density at radius 3 is 2.37 bits per heavy atom. The van der Waals surface area contributed by atoms with E-state index in [1.165, 1.54) is 68.9 Å². The molecular formula is C34H39F. The Labute approximate surface area is 211 Å². The van der Waals surface area contributed by atoms with Gasteiger partial charge in [-0.1, -0.05) is 80.5 Å². The van der Waals surface area contributed by atoms with Crippen molar-refractivity contribution in [2.75, 3.05) is 0 Å². The topological polar surface area (TPSA) is 0 Å². The van der Waals surface area contributed by atoms with E-state index in [9.17, 15) is 0 Å². The van der Waals surface area contributed by atoms with Crippen LogP contribution in [-0.2, 0) is 12.8 Å². The van der Waals surface area contributed by atoms with E-state index < -0.39 is 0 Å². The highest BCUT2D eigenvalue weighted by Gasteiger charge is 2.18. The molecule has 3 aromatic rings. The predicted molar refractivity (Wildman–Crippen MR) is 148 cm³/mol. The number of rotatable bonds is 9. The van der Waals surface area contributed by atoms with E-state index in [4.69, 9.17) is 0 Å². The van der Waals surface area contributed by atoms with Crippen LogP contribution in [0, 0.1) is 29.5 Å². The molecular weight excluding hydrogens is 427 g/mol. The van der Waals surface area contributed by atoms with Gasteiger partial charge in [0.25, 0.3) is 0 Å². The van der Waals surface area contributed by atoms with Crippen LogP contribution in [0.1, 0.15) is 87.0 Å². The van der Waals surface area contributed by atoms with Gasteiger partial charge < -0.3 is 0 Å². The molecule has 35 heavy (non-hydrogen) atoms. The second-order valence-corrected chi connectivity index (χ2v) is 10.3. The summed E-state index contributed by atoms with van der Waals surface area (Å²) in [5.41, 5.74) is 4.05. The SMILES string of the molecule is C=CC1CCC(CCc2ccc(C#Cc3ccc4cc(CCCCCC)ccc4c3F)cc2)CC1. The summed E-state index contributed by atoms with van der Waals surface area (Å²) in [5.74, 6) is 7.59. The molecule has 1 fully saturated rings. The molecule has 0 N–H and O–H groups in total. The molecule has 0 atom stereocenters. The van der Waals surface area contributed by atoms with Crippen LogP contribution in [-0.4, -0.2) is 0 Å². The maximum atomic E-state index is 15.1. The summed E-state index contributed by atoms with van der Waals surface area (Å²) in [6.07, 6.45) is 15.8. The van der Waals surface area contributed by atoms with Gasteiger partial charge in [0.15, 0.2) is 0 Å². The Morgan fingerprint density at radius 1 is 0.857 bits per heavy atom. The van der Waals surface area contributed by atoms with Crippen molar-refractivity contribution < 1.29 is 4.39 Å². The van der Waals surface area contributed by atoms with Crippen LogP contribution in [0.2, 0.25) is 0 Å². The Kier molecular flexibility index (Phi) is 9.19. The van der Waals surface area contributed by atoms with E-state index in [0.717, 1.165) is 35.6 Å². The van der Waals surface area contributed by atoms with Gasteiger partial charge >= 0.3 is 0 Å². The first kappa shape index (κ1) is 25.2. The summed E-state index contributed by atoms with van der Waals surface area (Å²) in [5, 5.41) is 1.62. The molecule has 0 saturated heterocycles. The largest absolute Gasteiger partial charge is 0.205 e. The average molecular weight is 467 g/mol. The van der Waals surface area contributed by atoms with Crippen LogP contribution >= 0.6 is 0 Å². The zero-order valence-corrected chi connectivity index (χ0v) is 21.3. The van der Waals surface area contributed by atoms with Gasteiger partial charge in [0.2, 0.25) is 0 Å². The highest BCUT2D eigenvalue weighted by atomic mass is 19.1. The third kappa shape index (κ3) is 7.08. The molecule has 1 heteroatoms. The summed E-state index contributed by atoms with van der Waals surface area (Å²) in [7, 11) is 0. The molecule has 0 unspecified atom stereocenters. The molecule has 0 amide bonds. The smallest absolute Gasteiger partial charge is 0.146 e. The molecule has 3 aromatic carbocycles. The van der Waals surface area contributed by atoms with Crippen molar-refractivity contribution >= 4 is 10.8 Å². The van der Waals surface area contributed by atoms with Gasteiger partial charge in [-0.25, -0.2) is 4.39 Å². The molecule has 0 bridgehead atoms. The van der Waals surface area contributed by atoms with Crippen LogP contribution < -0.4 is 0 Å². The summed E-state index contributed by atoms with van der Waals surface area (Å²) in [4.78, 5) is 0. The molecule has 0 radical (unpaired) electrons. The van der Waals surface area contributed by atoms with E-state index in [1.54, 1.807) is 0 Å². The first-order chi connectivity index (χ1) is 17.2. The van der Waals surface area contributed by atoms with Crippen LogP contribution in [0.3, 0.4) is 0 Å². The van der Waals surface area contributed by atoms with Crippen molar-refractivity contribution in [3.63, 3.8) is 0 Å². The van der Waals surface area contributed by atoms with Crippen molar-refractivity contribution in [1.82, 2.24) is 0 Å². The summed E-state index contributed by atoms with van der Waals surface area (Å²) in [6, 6.07) is 18.4. The van der Waals surface area contributed by atoms with Gasteiger partial charge in [0, 0.05) is 10.9 Å². The van der Waals surface area contributed by atoms with E-state index in [0.29, 0.717) is 10.9 Å². The molecule has 182 valence electrons. The van der Waals surface area contributed by atoms with Gasteiger partial charge in [-0.05, 0) is 97.9 Å². The quantitative estimate of drug-likeness (QED) is 0.167. The molecule has 1 aliphatic rings. The molecule has 0 heterocycles. The van der Waals surface area contributed by atoms with Crippen molar-refractivity contribution in [2.45, 2.75) is 77.6 Å². The van der Waals surface area contributed by atoms with Crippen molar-refractivity contribution in [3.05, 3.63) is 95.3 Å². The maximum Gasteiger partial charge on any atom is 0.146 e. The number of benzene rings is 3. The molecule has 1 saturated carbocycles. The van der Waals surface area contributed by atoms with Gasteiger partial charge in [0.1, 0.15) is 5.82 Å². The van der Waals surface area contributed by atoms with E-state index in [-0.39, 0.29) is 5.82 Å². The highest BCUT2D eigenvalue weighted by molar-refractivity contribution is 5.85. The summed E-state index contributed by atoms with van der Waals surface area (Å²) < 4.78 is 15.1. The standard InChI is InChI=1S/C34H39F/c1-3-5-6-7-8-30-20-24-33-32(25-30)23-22-31(34(33)35)21-19-29-17-15-28(16-18-29)14-13-27-11-9-26(4-2)10-12-27/h4,15-18,20,22-27H,2-3,5-14H2,1H3. The third-order valence-electron chi connectivity index (χ3n) is 7.70. The fourth-order valence-corrected chi connectivity index (χ4v) is 5.33. The van der Waals surface area contributed by atoms with Crippen LogP contribution in [0.4, 0.5) is 4.39 Å². The zero-order chi connectivity index (χ0) is 24.5. The monoisotopic (exact) mass is 466 g/mol. The predicted octanol–water partition coefficient (Wildman–Crippen LogP) is 9.43. The normalized spacial score (nSPS) is 17.7. The number of hydrogen-bond acceptors (Lipinski definition) is 0. The molecule has 0 aromatic heterocycles. The Hall–Kier alpha value is -2.85. The minimum atomic E-state index is -0.213. The lowest BCUT2D eigenvalue weighted by Gasteiger charge is -2.26. The second kappa shape index (κ2) is 12.7. The minimum absolute atomic E-state index is 0.213. The highest BCUT2D eigenvalue weighted by Crippen LogP contribution is 2.32. The Bertz CT molecular complexity index is 1170. The van der Waals surface area contributed by atoms with E-state index >= 15 is 4.39 Å². The lowest BCUT2D eigenvalue weighted by atomic mass is 9.79. The number of unbranched alkanes of at least 4 members (excludes halogenated alkanes) is 3. The first-order valence-corrected chi connectivity index (χ1v) is 13.6. The summed E-state index contributed by atoms with van der Waals surface area (Å²) in [6.45, 7) is 6.18. The van der Waals surface area contributed by atoms with Gasteiger partial charge in [-0.2, -0.15) is 0 Å².